The van der Waals surface area contributed by atoms with E-state index >= 15 is 0 Å². The summed E-state index contributed by atoms with van der Waals surface area (Å²) in [7, 11) is 0. The number of hydrogen-bond acceptors (Lipinski definition) is 3. The van der Waals surface area contributed by atoms with Crippen molar-refractivity contribution >= 4 is 17.6 Å². The van der Waals surface area contributed by atoms with Gasteiger partial charge in [-0.15, -0.1) is 0 Å². The molecule has 1 N–H and O–H groups in total. The molecule has 0 aliphatic carbocycles. The Balaban J connectivity index is 1.73. The molecule has 0 aromatic heterocycles. The second-order valence-electron chi connectivity index (χ2n) is 5.65. The molecule has 0 unspecified atom stereocenters. The standard InChI is InChI=1S/C21H17ClO4/c22-17-8-6-16(7-9-17)14-26-20-12-18(10-11-19(20)21(23)24)25-13-15-4-2-1-3-5-15/h1-12H,13-14H2,(H,23,24). The number of halogens is 1. The second-order valence-corrected chi connectivity index (χ2v) is 6.09. The highest BCUT2D eigenvalue weighted by Gasteiger charge is 2.13. The third-order valence-electron chi connectivity index (χ3n) is 3.74. The minimum Gasteiger partial charge on any atom is -0.489 e. The zero-order chi connectivity index (χ0) is 18.4. The van der Waals surface area contributed by atoms with Crippen molar-refractivity contribution in [2.45, 2.75) is 13.2 Å². The number of carbonyl (C=O) groups is 1. The van der Waals surface area contributed by atoms with Gasteiger partial charge in [-0.25, -0.2) is 4.79 Å². The van der Waals surface area contributed by atoms with Crippen molar-refractivity contribution in [3.8, 4) is 11.5 Å². The molecule has 3 aromatic carbocycles. The molecule has 0 spiro atoms. The van der Waals surface area contributed by atoms with Crippen LogP contribution in [-0.2, 0) is 13.2 Å². The van der Waals surface area contributed by atoms with Gasteiger partial charge in [-0.1, -0.05) is 54.1 Å². The summed E-state index contributed by atoms with van der Waals surface area (Å²) in [6.07, 6.45) is 0. The molecule has 0 radical (unpaired) electrons. The van der Waals surface area contributed by atoms with Crippen molar-refractivity contribution < 1.29 is 19.4 Å². The van der Waals surface area contributed by atoms with E-state index in [1.807, 2.05) is 42.5 Å². The molecule has 0 aliphatic rings. The van der Waals surface area contributed by atoms with Gasteiger partial charge < -0.3 is 14.6 Å². The Hall–Kier alpha value is -2.98. The number of aromatic carboxylic acids is 1. The Morgan fingerprint density at radius 2 is 1.50 bits per heavy atom. The molecule has 0 saturated carbocycles. The van der Waals surface area contributed by atoms with Crippen LogP contribution >= 0.6 is 11.6 Å². The summed E-state index contributed by atoms with van der Waals surface area (Å²) in [4.78, 5) is 11.4. The minimum absolute atomic E-state index is 0.0889. The highest BCUT2D eigenvalue weighted by Crippen LogP contribution is 2.27. The average Bonchev–Trinajstić information content (AvgIpc) is 2.66. The lowest BCUT2D eigenvalue weighted by atomic mass is 10.2. The van der Waals surface area contributed by atoms with Gasteiger partial charge in [0.1, 0.15) is 30.3 Å². The first-order valence-corrected chi connectivity index (χ1v) is 8.41. The number of carboxylic acids is 1. The fraction of sp³-hybridized carbons (Fsp3) is 0.0952. The summed E-state index contributed by atoms with van der Waals surface area (Å²) in [5, 5.41) is 10.00. The van der Waals surface area contributed by atoms with Crippen molar-refractivity contribution in [2.24, 2.45) is 0 Å². The van der Waals surface area contributed by atoms with Gasteiger partial charge in [-0.2, -0.15) is 0 Å². The predicted molar refractivity (Wildman–Crippen MR) is 100.0 cm³/mol. The fourth-order valence-corrected chi connectivity index (χ4v) is 2.50. The summed E-state index contributed by atoms with van der Waals surface area (Å²) >= 11 is 5.87. The quantitative estimate of drug-likeness (QED) is 0.623. The predicted octanol–water partition coefficient (Wildman–Crippen LogP) is 5.20. The molecule has 3 aromatic rings. The van der Waals surface area contributed by atoms with E-state index in [1.54, 1.807) is 24.3 Å². The van der Waals surface area contributed by atoms with Gasteiger partial charge in [0.25, 0.3) is 0 Å². The van der Waals surface area contributed by atoms with Gasteiger partial charge in [0, 0.05) is 11.1 Å². The molecule has 0 saturated heterocycles. The molecule has 0 aliphatic heterocycles. The van der Waals surface area contributed by atoms with E-state index in [0.29, 0.717) is 17.4 Å². The number of hydrogen-bond donors (Lipinski definition) is 1. The maximum absolute atomic E-state index is 11.4. The summed E-state index contributed by atoms with van der Waals surface area (Å²) in [6, 6.07) is 21.6. The first kappa shape index (κ1) is 17.8. The fourth-order valence-electron chi connectivity index (χ4n) is 2.37. The van der Waals surface area contributed by atoms with E-state index in [2.05, 4.69) is 0 Å². The monoisotopic (exact) mass is 368 g/mol. The Morgan fingerprint density at radius 1 is 0.846 bits per heavy atom. The molecular formula is C21H17ClO4. The van der Waals surface area contributed by atoms with Gasteiger partial charge in [0.05, 0.1) is 0 Å². The Bertz CT molecular complexity index is 876. The largest absolute Gasteiger partial charge is 0.489 e. The van der Waals surface area contributed by atoms with Crippen LogP contribution in [0.3, 0.4) is 0 Å². The lowest BCUT2D eigenvalue weighted by Crippen LogP contribution is -2.04. The normalized spacial score (nSPS) is 10.3. The maximum Gasteiger partial charge on any atom is 0.339 e. The van der Waals surface area contributed by atoms with Crippen LogP contribution in [0.4, 0.5) is 0 Å². The molecule has 132 valence electrons. The Kier molecular flexibility index (Phi) is 5.77. The van der Waals surface area contributed by atoms with E-state index in [1.165, 1.54) is 6.07 Å². The zero-order valence-electron chi connectivity index (χ0n) is 13.9. The Labute approximate surface area is 156 Å². The smallest absolute Gasteiger partial charge is 0.339 e. The van der Waals surface area contributed by atoms with Crippen LogP contribution in [0.1, 0.15) is 21.5 Å². The lowest BCUT2D eigenvalue weighted by molar-refractivity contribution is 0.0691. The molecule has 0 atom stereocenters. The number of benzene rings is 3. The third kappa shape index (κ3) is 4.77. The molecule has 3 rings (SSSR count). The highest BCUT2D eigenvalue weighted by atomic mass is 35.5. The van der Waals surface area contributed by atoms with Crippen molar-refractivity contribution in [3.05, 3.63) is 94.5 Å². The maximum atomic E-state index is 11.4. The van der Waals surface area contributed by atoms with E-state index in [-0.39, 0.29) is 17.9 Å². The third-order valence-corrected chi connectivity index (χ3v) is 3.99. The van der Waals surface area contributed by atoms with Crippen LogP contribution in [-0.4, -0.2) is 11.1 Å². The van der Waals surface area contributed by atoms with E-state index < -0.39 is 5.97 Å². The minimum atomic E-state index is -1.05. The number of carboxylic acid groups (broad SMARTS) is 1. The average molecular weight is 369 g/mol. The zero-order valence-corrected chi connectivity index (χ0v) is 14.6. The molecule has 0 amide bonds. The summed E-state index contributed by atoms with van der Waals surface area (Å²) in [5.74, 6) is -0.242. The van der Waals surface area contributed by atoms with Gasteiger partial charge in [-0.3, -0.25) is 0 Å². The molecule has 5 heteroatoms. The van der Waals surface area contributed by atoms with E-state index in [9.17, 15) is 9.90 Å². The first-order chi connectivity index (χ1) is 12.6. The van der Waals surface area contributed by atoms with E-state index in [4.69, 9.17) is 21.1 Å². The van der Waals surface area contributed by atoms with Crippen LogP contribution in [0.5, 0.6) is 11.5 Å². The van der Waals surface area contributed by atoms with Crippen molar-refractivity contribution in [2.75, 3.05) is 0 Å². The van der Waals surface area contributed by atoms with Crippen LogP contribution in [0, 0.1) is 0 Å². The molecule has 26 heavy (non-hydrogen) atoms. The first-order valence-electron chi connectivity index (χ1n) is 8.03. The van der Waals surface area contributed by atoms with E-state index in [0.717, 1.165) is 11.1 Å². The molecule has 4 nitrogen and oxygen atoms in total. The summed E-state index contributed by atoms with van der Waals surface area (Å²) in [6.45, 7) is 0.628. The SMILES string of the molecule is O=C(O)c1ccc(OCc2ccccc2)cc1OCc1ccc(Cl)cc1. The number of ether oxygens (including phenoxy) is 2. The van der Waals surface area contributed by atoms with Gasteiger partial charge in [0.2, 0.25) is 0 Å². The molecular weight excluding hydrogens is 352 g/mol. The van der Waals surface area contributed by atoms with Crippen LogP contribution in [0.25, 0.3) is 0 Å². The van der Waals surface area contributed by atoms with Crippen molar-refractivity contribution in [3.63, 3.8) is 0 Å². The molecule has 0 heterocycles. The second kappa shape index (κ2) is 8.41. The lowest BCUT2D eigenvalue weighted by Gasteiger charge is -2.12. The van der Waals surface area contributed by atoms with Crippen LogP contribution in [0.15, 0.2) is 72.8 Å². The van der Waals surface area contributed by atoms with Crippen LogP contribution in [0.2, 0.25) is 5.02 Å². The summed E-state index contributed by atoms with van der Waals surface area (Å²) in [5.41, 5.74) is 2.01. The van der Waals surface area contributed by atoms with Crippen LogP contribution < -0.4 is 9.47 Å². The molecule has 0 fully saturated rings. The topological polar surface area (TPSA) is 55.8 Å². The highest BCUT2D eigenvalue weighted by molar-refractivity contribution is 6.30. The number of rotatable bonds is 7. The van der Waals surface area contributed by atoms with Gasteiger partial charge in [0.15, 0.2) is 0 Å². The molecule has 0 bridgehead atoms. The van der Waals surface area contributed by atoms with Gasteiger partial charge in [-0.05, 0) is 35.4 Å². The Morgan fingerprint density at radius 3 is 2.19 bits per heavy atom. The van der Waals surface area contributed by atoms with Crippen molar-refractivity contribution in [1.82, 2.24) is 0 Å². The van der Waals surface area contributed by atoms with Gasteiger partial charge >= 0.3 is 5.97 Å². The van der Waals surface area contributed by atoms with Crippen molar-refractivity contribution in [1.29, 1.82) is 0 Å². The summed E-state index contributed by atoms with van der Waals surface area (Å²) < 4.78 is 11.5.